The molecule has 1 atom stereocenters. The van der Waals surface area contributed by atoms with Gasteiger partial charge in [-0.05, 0) is 61.7 Å². The molecule has 1 unspecified atom stereocenters. The number of nitrogens with zero attached hydrogens (tertiary/aromatic N) is 3. The van der Waals surface area contributed by atoms with Gasteiger partial charge in [0, 0.05) is 35.8 Å². The molecule has 0 saturated heterocycles. The summed E-state index contributed by atoms with van der Waals surface area (Å²) >= 11 is 0. The summed E-state index contributed by atoms with van der Waals surface area (Å²) in [7, 11) is 3.49. The van der Waals surface area contributed by atoms with Crippen LogP contribution in [-0.4, -0.2) is 40.2 Å². The number of carbonyl (C=O) groups excluding carboxylic acids is 1. The van der Waals surface area contributed by atoms with E-state index in [1.54, 1.807) is 31.6 Å². The van der Waals surface area contributed by atoms with Crippen molar-refractivity contribution in [2.75, 3.05) is 14.1 Å². The Morgan fingerprint density at radius 3 is 2.91 bits per heavy atom. The van der Waals surface area contributed by atoms with E-state index in [1.807, 2.05) is 19.2 Å². The Morgan fingerprint density at radius 1 is 1.22 bits per heavy atom. The van der Waals surface area contributed by atoms with Crippen molar-refractivity contribution < 1.29 is 9.18 Å². The molecule has 162 valence electrons. The van der Waals surface area contributed by atoms with Crippen LogP contribution in [0.1, 0.15) is 40.5 Å². The number of amides is 1. The van der Waals surface area contributed by atoms with E-state index >= 15 is 4.39 Å². The van der Waals surface area contributed by atoms with E-state index in [-0.39, 0.29) is 23.5 Å². The number of hydrogen-bond acceptors (Lipinski definition) is 5. The second-order valence-electron chi connectivity index (χ2n) is 7.89. The molecule has 8 heteroatoms. The summed E-state index contributed by atoms with van der Waals surface area (Å²) in [5.41, 5.74) is 5.37. The zero-order valence-corrected chi connectivity index (χ0v) is 17.9. The highest BCUT2D eigenvalue weighted by Crippen LogP contribution is 2.38. The van der Waals surface area contributed by atoms with Crippen LogP contribution in [0.3, 0.4) is 0 Å². The zero-order chi connectivity index (χ0) is 22.2. The smallest absolute Gasteiger partial charge is 0.270 e. The number of H-pyrrole nitrogens is 1. The first kappa shape index (κ1) is 20.3. The van der Waals surface area contributed by atoms with Crippen LogP contribution in [0, 0.1) is 5.82 Å². The van der Waals surface area contributed by atoms with Crippen LogP contribution in [0.4, 0.5) is 4.39 Å². The molecule has 7 nitrogen and oxygen atoms in total. The topological polar surface area (TPSA) is 95.6 Å². The van der Waals surface area contributed by atoms with Crippen LogP contribution in [0.2, 0.25) is 0 Å². The second kappa shape index (κ2) is 8.12. The Kier molecular flexibility index (Phi) is 5.14. The SMILES string of the molecule is CNC(=O)c1ncccc1-c1n[nH]c2cnc(-c3c(F)ccc4c3CCCC4NC)cc12. The van der Waals surface area contributed by atoms with Crippen LogP contribution in [0.25, 0.3) is 33.4 Å². The van der Waals surface area contributed by atoms with Gasteiger partial charge in [-0.1, -0.05) is 6.07 Å². The highest BCUT2D eigenvalue weighted by molar-refractivity contribution is 6.03. The Labute approximate surface area is 184 Å². The number of benzene rings is 1. The molecule has 4 aromatic rings. The van der Waals surface area contributed by atoms with Crippen molar-refractivity contribution in [2.24, 2.45) is 0 Å². The van der Waals surface area contributed by atoms with Crippen molar-refractivity contribution in [1.29, 1.82) is 0 Å². The summed E-state index contributed by atoms with van der Waals surface area (Å²) in [5, 5.41) is 14.1. The van der Waals surface area contributed by atoms with Gasteiger partial charge in [-0.15, -0.1) is 0 Å². The summed E-state index contributed by atoms with van der Waals surface area (Å²) in [6, 6.07) is 9.01. The normalized spacial score (nSPS) is 15.5. The van der Waals surface area contributed by atoms with Crippen LogP contribution < -0.4 is 10.6 Å². The maximum atomic E-state index is 15.1. The maximum Gasteiger partial charge on any atom is 0.270 e. The standard InChI is InChI=1S/C24H23FN6O/c1-26-18-7-3-5-14-13(18)8-9-17(25)21(14)19-11-16-20(12-29-19)30-31-22(16)15-6-4-10-28-23(15)24(32)27-2/h4,6,8-12,18,26H,3,5,7H2,1-2H3,(H,27,32)(H,30,31). The average molecular weight is 430 g/mol. The number of pyridine rings is 2. The number of halogens is 1. The Morgan fingerprint density at radius 2 is 2.09 bits per heavy atom. The number of nitrogens with one attached hydrogen (secondary N) is 3. The molecule has 1 amide bonds. The second-order valence-corrected chi connectivity index (χ2v) is 7.89. The quantitative estimate of drug-likeness (QED) is 0.458. The average Bonchev–Trinajstić information content (AvgIpc) is 3.26. The predicted octanol–water partition coefficient (Wildman–Crippen LogP) is 3.78. The van der Waals surface area contributed by atoms with Gasteiger partial charge in [-0.3, -0.25) is 19.9 Å². The fourth-order valence-electron chi connectivity index (χ4n) is 4.60. The number of aromatic amines is 1. The molecule has 3 N–H and O–H groups in total. The molecule has 5 rings (SSSR count). The number of carbonyl (C=O) groups is 1. The van der Waals surface area contributed by atoms with Crippen molar-refractivity contribution in [3.63, 3.8) is 0 Å². The molecule has 1 aromatic carbocycles. The predicted molar refractivity (Wildman–Crippen MR) is 121 cm³/mol. The van der Waals surface area contributed by atoms with E-state index in [4.69, 9.17) is 0 Å². The first-order chi connectivity index (χ1) is 15.6. The molecule has 0 fully saturated rings. The molecule has 32 heavy (non-hydrogen) atoms. The van der Waals surface area contributed by atoms with Gasteiger partial charge >= 0.3 is 0 Å². The summed E-state index contributed by atoms with van der Waals surface area (Å²) in [4.78, 5) is 21.1. The number of rotatable bonds is 4. The lowest BCUT2D eigenvalue weighted by atomic mass is 9.83. The first-order valence-electron chi connectivity index (χ1n) is 10.6. The van der Waals surface area contributed by atoms with Gasteiger partial charge in [-0.2, -0.15) is 5.10 Å². The lowest BCUT2D eigenvalue weighted by Crippen LogP contribution is -2.22. The van der Waals surface area contributed by atoms with Crippen LogP contribution in [0.15, 0.2) is 42.7 Å². The summed E-state index contributed by atoms with van der Waals surface area (Å²) < 4.78 is 15.1. The molecule has 0 aliphatic heterocycles. The number of aromatic nitrogens is 4. The maximum absolute atomic E-state index is 15.1. The fourth-order valence-corrected chi connectivity index (χ4v) is 4.60. The van der Waals surface area contributed by atoms with E-state index in [0.29, 0.717) is 28.0 Å². The van der Waals surface area contributed by atoms with Crippen LogP contribution >= 0.6 is 0 Å². The fraction of sp³-hybridized carbons (Fsp3) is 0.250. The molecule has 1 aliphatic carbocycles. The molecule has 0 spiro atoms. The van der Waals surface area contributed by atoms with Crippen molar-refractivity contribution in [1.82, 2.24) is 30.8 Å². The minimum absolute atomic E-state index is 0.205. The molecule has 1 aliphatic rings. The van der Waals surface area contributed by atoms with Crippen molar-refractivity contribution in [2.45, 2.75) is 25.3 Å². The van der Waals surface area contributed by atoms with Crippen molar-refractivity contribution >= 4 is 16.8 Å². The highest BCUT2D eigenvalue weighted by atomic mass is 19.1. The number of fused-ring (bicyclic) bond motifs is 2. The first-order valence-corrected chi connectivity index (χ1v) is 10.6. The van der Waals surface area contributed by atoms with E-state index < -0.39 is 0 Å². The van der Waals surface area contributed by atoms with Gasteiger partial charge in [-0.25, -0.2) is 4.39 Å². The lowest BCUT2D eigenvalue weighted by molar-refractivity contribution is 0.0959. The Balaban J connectivity index is 1.70. The molecule has 3 heterocycles. The van der Waals surface area contributed by atoms with E-state index in [2.05, 4.69) is 30.8 Å². The third kappa shape index (κ3) is 3.23. The monoisotopic (exact) mass is 430 g/mol. The van der Waals surface area contributed by atoms with Crippen LogP contribution in [-0.2, 0) is 6.42 Å². The lowest BCUT2D eigenvalue weighted by Gasteiger charge is -2.27. The van der Waals surface area contributed by atoms with Gasteiger partial charge in [0.25, 0.3) is 5.91 Å². The highest BCUT2D eigenvalue weighted by Gasteiger charge is 2.25. The van der Waals surface area contributed by atoms with Gasteiger partial charge in [0.1, 0.15) is 17.2 Å². The summed E-state index contributed by atoms with van der Waals surface area (Å²) in [5.74, 6) is -0.586. The summed E-state index contributed by atoms with van der Waals surface area (Å²) in [6.45, 7) is 0. The Hall–Kier alpha value is -3.65. The van der Waals surface area contributed by atoms with Crippen molar-refractivity contribution in [3.05, 3.63) is 65.4 Å². The zero-order valence-electron chi connectivity index (χ0n) is 17.9. The minimum Gasteiger partial charge on any atom is -0.354 e. The molecular formula is C24H23FN6O. The van der Waals surface area contributed by atoms with E-state index in [0.717, 1.165) is 35.8 Å². The van der Waals surface area contributed by atoms with Gasteiger partial charge in [0.2, 0.25) is 0 Å². The van der Waals surface area contributed by atoms with E-state index in [9.17, 15) is 4.79 Å². The van der Waals surface area contributed by atoms with Crippen LogP contribution in [0.5, 0.6) is 0 Å². The third-order valence-corrected chi connectivity index (χ3v) is 6.15. The van der Waals surface area contributed by atoms with Gasteiger partial charge < -0.3 is 10.6 Å². The molecule has 0 radical (unpaired) electrons. The van der Waals surface area contributed by atoms with Crippen molar-refractivity contribution in [3.8, 4) is 22.5 Å². The molecule has 0 bridgehead atoms. The molecule has 0 saturated carbocycles. The van der Waals surface area contributed by atoms with Gasteiger partial charge in [0.15, 0.2) is 0 Å². The minimum atomic E-state index is -0.299. The van der Waals surface area contributed by atoms with Gasteiger partial charge in [0.05, 0.1) is 17.4 Å². The third-order valence-electron chi connectivity index (χ3n) is 6.15. The number of hydrogen-bond donors (Lipinski definition) is 3. The molecular weight excluding hydrogens is 407 g/mol. The largest absolute Gasteiger partial charge is 0.354 e. The van der Waals surface area contributed by atoms with E-state index in [1.165, 1.54) is 6.07 Å². The summed E-state index contributed by atoms with van der Waals surface area (Å²) in [6.07, 6.45) is 6.05. The molecule has 3 aromatic heterocycles. The Bertz CT molecular complexity index is 1330.